The molecule has 0 spiro atoms. The highest BCUT2D eigenvalue weighted by Crippen LogP contribution is 2.42. The van der Waals surface area contributed by atoms with Gasteiger partial charge in [0, 0.05) is 47.4 Å². The molecule has 0 saturated carbocycles. The van der Waals surface area contributed by atoms with Gasteiger partial charge in [0.2, 0.25) is 0 Å². The number of nitrogens with zero attached hydrogens (tertiary/aromatic N) is 1. The molecule has 1 aliphatic carbocycles. The summed E-state index contributed by atoms with van der Waals surface area (Å²) >= 11 is 5.72. The van der Waals surface area contributed by atoms with Crippen LogP contribution in [0.5, 0.6) is 5.75 Å². The van der Waals surface area contributed by atoms with Crippen LogP contribution in [0.1, 0.15) is 36.0 Å². The molecule has 0 atom stereocenters. The molecule has 4 rings (SSSR count). The van der Waals surface area contributed by atoms with E-state index in [2.05, 4.69) is 15.5 Å². The highest BCUT2D eigenvalue weighted by molar-refractivity contribution is 7.80. The number of hydrogen-bond acceptors (Lipinski definition) is 8. The fourth-order valence-corrected chi connectivity index (χ4v) is 5.17. The number of carboxylic acid groups (broad SMARTS) is 1. The molecule has 11 heteroatoms. The quantitative estimate of drug-likeness (QED) is 0.0712. The Morgan fingerprint density at radius 3 is 2.40 bits per heavy atom. The molecule has 1 heterocycles. The van der Waals surface area contributed by atoms with Crippen molar-refractivity contribution in [2.75, 3.05) is 44.6 Å². The molecule has 0 radical (unpaired) electrons. The summed E-state index contributed by atoms with van der Waals surface area (Å²) in [6.45, 7) is 4.45. The molecule has 0 amide bonds. The Bertz CT molecular complexity index is 1570. The van der Waals surface area contributed by atoms with Crippen LogP contribution in [0, 0.1) is 0 Å². The molecular weight excluding hydrogens is 554 g/mol. The summed E-state index contributed by atoms with van der Waals surface area (Å²) in [7, 11) is 0. The highest BCUT2D eigenvalue weighted by atomic mass is 32.1. The molecule has 1 aliphatic heterocycles. The summed E-state index contributed by atoms with van der Waals surface area (Å²) < 4.78 is 5.91. The third-order valence-electron chi connectivity index (χ3n) is 6.96. The van der Waals surface area contributed by atoms with E-state index in [9.17, 15) is 19.8 Å². The largest absolute Gasteiger partial charge is 0.508 e. The van der Waals surface area contributed by atoms with Gasteiger partial charge in [0.15, 0.2) is 10.5 Å². The van der Waals surface area contributed by atoms with Crippen LogP contribution >= 0.6 is 12.2 Å². The first-order chi connectivity index (χ1) is 20.3. The van der Waals surface area contributed by atoms with E-state index in [0.29, 0.717) is 63.9 Å². The van der Waals surface area contributed by atoms with E-state index >= 15 is 0 Å². The van der Waals surface area contributed by atoms with Crippen molar-refractivity contribution >= 4 is 40.0 Å². The Kier molecular flexibility index (Phi) is 10.8. The predicted molar refractivity (Wildman–Crippen MR) is 170 cm³/mol. The van der Waals surface area contributed by atoms with Gasteiger partial charge in [-0.05, 0) is 106 Å². The summed E-state index contributed by atoms with van der Waals surface area (Å²) in [6.07, 6.45) is 3.64. The zero-order valence-corrected chi connectivity index (χ0v) is 24.2. The molecule has 2 aromatic carbocycles. The predicted octanol–water partition coefficient (Wildman–Crippen LogP) is 4.03. The number of phenols is 1. The van der Waals surface area contributed by atoms with Crippen molar-refractivity contribution in [3.05, 3.63) is 70.4 Å². The monoisotopic (exact) mass is 591 g/mol. The topological polar surface area (TPSA) is 167 Å². The summed E-state index contributed by atoms with van der Waals surface area (Å²) in [5, 5.41) is 28.0. The molecule has 0 aromatic heterocycles. The number of rotatable bonds is 14. The Morgan fingerprint density at radius 2 is 1.64 bits per heavy atom. The van der Waals surface area contributed by atoms with Gasteiger partial charge in [-0.3, -0.25) is 4.79 Å². The minimum Gasteiger partial charge on any atom is -0.508 e. The first-order valence-corrected chi connectivity index (χ1v) is 14.5. The van der Waals surface area contributed by atoms with Crippen LogP contribution in [0.3, 0.4) is 0 Å². The van der Waals surface area contributed by atoms with Gasteiger partial charge >= 0.3 is 5.97 Å². The standard InChI is InChI=1S/C31H37N5O5S/c32-11-3-14-34-13-1-2-15-36(16-4-12-33)31(42)35-20-5-8-23(26(17-20)30(39)40)29-24-9-6-21(37)18-27(24)41-28-19-22(38)7-10-25(28)29/h5-10,17-19,34,37H,1-4,11-16,32-33H2,(H,35,42)(H,39,40). The minimum atomic E-state index is -1.12. The third-order valence-corrected chi connectivity index (χ3v) is 7.32. The summed E-state index contributed by atoms with van der Waals surface area (Å²) in [6, 6.07) is 14.1. The molecule has 0 saturated heterocycles. The van der Waals surface area contributed by atoms with Gasteiger partial charge in [0.05, 0.1) is 5.56 Å². The average molecular weight is 592 g/mol. The average Bonchev–Trinajstić information content (AvgIpc) is 2.96. The van der Waals surface area contributed by atoms with Crippen molar-refractivity contribution < 1.29 is 19.4 Å². The van der Waals surface area contributed by atoms with Gasteiger partial charge in [0.25, 0.3) is 0 Å². The number of nitrogens with two attached hydrogens (primary N) is 2. The molecule has 2 aliphatic rings. The van der Waals surface area contributed by atoms with Gasteiger partial charge in [-0.25, -0.2) is 4.79 Å². The highest BCUT2D eigenvalue weighted by Gasteiger charge is 2.22. The second kappa shape index (κ2) is 14.7. The van der Waals surface area contributed by atoms with Crippen molar-refractivity contribution in [1.82, 2.24) is 10.2 Å². The van der Waals surface area contributed by atoms with E-state index in [0.717, 1.165) is 45.3 Å². The number of carboxylic acids is 1. The lowest BCUT2D eigenvalue weighted by atomic mass is 9.90. The molecular formula is C31H37N5O5S. The number of aromatic hydroxyl groups is 1. The molecule has 42 heavy (non-hydrogen) atoms. The fraction of sp³-hybridized carbons (Fsp3) is 0.323. The van der Waals surface area contributed by atoms with Crippen LogP contribution in [0.25, 0.3) is 33.4 Å². The van der Waals surface area contributed by atoms with Gasteiger partial charge in [-0.15, -0.1) is 0 Å². The van der Waals surface area contributed by atoms with Gasteiger partial charge in [0.1, 0.15) is 17.1 Å². The normalized spacial score (nSPS) is 11.2. The molecule has 0 bridgehead atoms. The number of anilines is 1. The minimum absolute atomic E-state index is 0.0107. The van der Waals surface area contributed by atoms with Crippen molar-refractivity contribution in [2.24, 2.45) is 11.5 Å². The number of aromatic carboxylic acids is 1. The molecule has 10 nitrogen and oxygen atoms in total. The van der Waals surface area contributed by atoms with Crippen LogP contribution in [-0.2, 0) is 0 Å². The lowest BCUT2D eigenvalue weighted by Crippen LogP contribution is -2.37. The molecule has 8 N–H and O–H groups in total. The van der Waals surface area contributed by atoms with Crippen molar-refractivity contribution in [3.8, 4) is 28.2 Å². The maximum Gasteiger partial charge on any atom is 0.336 e. The molecule has 222 valence electrons. The Labute approximate surface area is 249 Å². The van der Waals surface area contributed by atoms with Gasteiger partial charge in [-0.2, -0.15) is 0 Å². The number of carbonyl (C=O) groups is 1. The van der Waals surface area contributed by atoms with Crippen molar-refractivity contribution in [2.45, 2.75) is 25.7 Å². The number of nitrogens with one attached hydrogen (secondary N) is 2. The number of hydrogen-bond donors (Lipinski definition) is 6. The maximum atomic E-state index is 12.5. The van der Waals surface area contributed by atoms with Crippen LogP contribution in [0.4, 0.5) is 5.69 Å². The van der Waals surface area contributed by atoms with Crippen LogP contribution in [0.2, 0.25) is 0 Å². The number of benzene rings is 3. The van der Waals surface area contributed by atoms with Crippen LogP contribution < -0.4 is 27.5 Å². The smallest absolute Gasteiger partial charge is 0.336 e. The number of unbranched alkanes of at least 4 members (excludes halogenated alkanes) is 1. The van der Waals surface area contributed by atoms with Gasteiger partial charge in [-0.1, -0.05) is 6.07 Å². The molecule has 2 aromatic rings. The number of thiocarbonyl (C=S) groups is 1. The van der Waals surface area contributed by atoms with Crippen LogP contribution in [0.15, 0.2) is 63.8 Å². The SMILES string of the molecule is NCCCNCCCCN(CCCN)C(=S)Nc1ccc(-c2c3ccc(=O)cc-3oc3cc(O)ccc23)c(C(=O)O)c1. The molecule has 0 fully saturated rings. The van der Waals surface area contributed by atoms with E-state index in [1.54, 1.807) is 30.3 Å². The fourth-order valence-electron chi connectivity index (χ4n) is 4.87. The van der Waals surface area contributed by atoms with Crippen molar-refractivity contribution in [1.29, 1.82) is 0 Å². The van der Waals surface area contributed by atoms with Gasteiger partial charge < -0.3 is 41.6 Å². The lowest BCUT2D eigenvalue weighted by Gasteiger charge is -2.26. The van der Waals surface area contributed by atoms with Crippen LogP contribution in [-0.4, -0.2) is 65.5 Å². The van der Waals surface area contributed by atoms with E-state index in [1.807, 2.05) is 0 Å². The number of fused-ring (bicyclic) bond motifs is 2. The zero-order valence-electron chi connectivity index (χ0n) is 23.4. The van der Waals surface area contributed by atoms with E-state index < -0.39 is 5.97 Å². The summed E-state index contributed by atoms with van der Waals surface area (Å²) in [5.41, 5.74) is 13.6. The van der Waals surface area contributed by atoms with E-state index in [1.165, 1.54) is 24.3 Å². The van der Waals surface area contributed by atoms with Crippen molar-refractivity contribution in [3.63, 3.8) is 0 Å². The number of phenolic OH excluding ortho intramolecular Hbond substituents is 1. The first-order valence-electron chi connectivity index (χ1n) is 14.1. The second-order valence-electron chi connectivity index (χ2n) is 10.0. The zero-order chi connectivity index (χ0) is 30.1. The Morgan fingerprint density at radius 1 is 0.905 bits per heavy atom. The Balaban J connectivity index is 1.62. The second-order valence-corrected chi connectivity index (χ2v) is 10.4. The Hall–Kier alpha value is -4.03. The third kappa shape index (κ3) is 7.62. The molecule has 0 unspecified atom stereocenters. The maximum absolute atomic E-state index is 12.5. The van der Waals surface area contributed by atoms with E-state index in [-0.39, 0.29) is 16.7 Å². The lowest BCUT2D eigenvalue weighted by molar-refractivity contribution is 0.0697. The van der Waals surface area contributed by atoms with E-state index in [4.69, 9.17) is 28.1 Å². The summed E-state index contributed by atoms with van der Waals surface area (Å²) in [4.78, 5) is 26.7. The first kappa shape index (κ1) is 30.9. The summed E-state index contributed by atoms with van der Waals surface area (Å²) in [5.74, 6) is -0.841.